The summed E-state index contributed by atoms with van der Waals surface area (Å²) >= 11 is 0. The third kappa shape index (κ3) is 11.3. The number of aliphatic hydroxyl groups is 1. The summed E-state index contributed by atoms with van der Waals surface area (Å²) in [4.78, 5) is 50.3. The number of fused-ring (bicyclic) bond motifs is 6. The molecule has 0 radical (unpaired) electrons. The van der Waals surface area contributed by atoms with Crippen molar-refractivity contribution in [3.8, 4) is 11.5 Å². The number of anilines is 2. The van der Waals surface area contributed by atoms with Gasteiger partial charge in [-0.2, -0.15) is 13.0 Å². The van der Waals surface area contributed by atoms with E-state index in [4.69, 9.17) is 10.5 Å². The number of amides is 3. The van der Waals surface area contributed by atoms with E-state index < -0.39 is 60.0 Å². The number of guanidine groups is 1. The number of nitrogens with zero attached hydrogens (tertiary/aromatic N) is 4. The van der Waals surface area contributed by atoms with E-state index in [1.54, 1.807) is 18.2 Å². The lowest BCUT2D eigenvalue weighted by atomic mass is 9.49. The van der Waals surface area contributed by atoms with Gasteiger partial charge in [-0.3, -0.25) is 28.8 Å². The minimum atomic E-state index is -4.72. The van der Waals surface area contributed by atoms with E-state index in [0.717, 1.165) is 86.8 Å². The Labute approximate surface area is 523 Å². The van der Waals surface area contributed by atoms with Crippen molar-refractivity contribution in [2.75, 3.05) is 63.1 Å². The van der Waals surface area contributed by atoms with Crippen LogP contribution in [0.5, 0.6) is 11.5 Å². The van der Waals surface area contributed by atoms with Crippen LogP contribution in [0, 0.1) is 5.92 Å². The molecule has 22 nitrogen and oxygen atoms in total. The van der Waals surface area contributed by atoms with Crippen molar-refractivity contribution in [2.45, 2.75) is 136 Å². The Balaban J connectivity index is 0.577. The number of H-pyrrole nitrogens is 1. The number of rotatable bonds is 22. The molecule has 24 heteroatoms. The molecule has 5 aromatic rings. The van der Waals surface area contributed by atoms with Crippen molar-refractivity contribution in [1.82, 2.24) is 25.8 Å². The van der Waals surface area contributed by atoms with Crippen LogP contribution in [-0.4, -0.2) is 145 Å². The number of phenols is 1. The molecular formula is C66H78N10O12S2. The van der Waals surface area contributed by atoms with Gasteiger partial charge < -0.3 is 56.4 Å². The molecule has 5 heterocycles. The normalized spacial score (nSPS) is 23.3. The van der Waals surface area contributed by atoms with Gasteiger partial charge >= 0.3 is 0 Å². The Hall–Kier alpha value is -7.87. The van der Waals surface area contributed by atoms with E-state index in [0.29, 0.717) is 68.8 Å². The number of aromatic nitrogens is 1. The molecule has 3 amide bonds. The highest BCUT2D eigenvalue weighted by Gasteiger charge is 2.73. The van der Waals surface area contributed by atoms with Crippen molar-refractivity contribution < 1.29 is 59.9 Å². The maximum atomic E-state index is 13.2. The lowest BCUT2D eigenvalue weighted by Crippen LogP contribution is -2.74. The molecule has 0 unspecified atom stereocenters. The molecule has 3 aliphatic carbocycles. The zero-order valence-corrected chi connectivity index (χ0v) is 52.8. The number of carbonyl (C=O) groups excluding carboxylic acids is 3. The van der Waals surface area contributed by atoms with E-state index >= 15 is 0 Å². The van der Waals surface area contributed by atoms with E-state index in [9.17, 15) is 50.5 Å². The highest BCUT2D eigenvalue weighted by molar-refractivity contribution is 7.86. The third-order valence-electron chi connectivity index (χ3n) is 19.7. The third-order valence-corrected chi connectivity index (χ3v) is 21.4. The molecule has 2 bridgehead atoms. The first kappa shape index (κ1) is 62.3. The Morgan fingerprint density at radius 3 is 2.38 bits per heavy atom. The van der Waals surface area contributed by atoms with Gasteiger partial charge in [0.05, 0.1) is 45.0 Å². The number of unbranched alkanes of at least 4 members (excludes halogenated alkanes) is 2. The van der Waals surface area contributed by atoms with Crippen LogP contribution in [-0.2, 0) is 63.7 Å². The van der Waals surface area contributed by atoms with Crippen molar-refractivity contribution in [1.29, 1.82) is 0 Å². The number of nitrogens with one attached hydrogen (secondary N) is 5. The van der Waals surface area contributed by atoms with Gasteiger partial charge in [-0.1, -0.05) is 44.6 Å². The van der Waals surface area contributed by atoms with Crippen molar-refractivity contribution >= 4 is 77.6 Å². The van der Waals surface area contributed by atoms with Gasteiger partial charge in [-0.15, -0.1) is 0 Å². The summed E-state index contributed by atoms with van der Waals surface area (Å²) in [7, 11) is -7.22. The van der Waals surface area contributed by atoms with Crippen molar-refractivity contribution in [3.63, 3.8) is 0 Å². The molecule has 12 rings (SSSR count). The Bertz CT molecular complexity index is 4180. The molecule has 476 valence electrons. The predicted molar refractivity (Wildman–Crippen MR) is 340 cm³/mol. The standard InChI is InChI=1S/C66H78N10O12S2/c1-63(2)46-33-42(89(82,83)84)20-23-49(46)74(5)52(63)13-8-6-9-14-53-64(3,4)47-34-43(90(85,86)87)21-24-50(47)76(53)29-11-7-10-15-55(78)70-37-57(80)71-36-56(79)68-27-12-28-69-62(67)72-41-19-22-48-44(32-41)45-35-66(81)54-31-40-18-25-51(77)60-58(40)65(66,61(88-60)59(45)73-48)26-30-75(54)38-39-16-17-39/h6,8-9,13-14,18-25,32-34,39,54,61,73,81H,7,10-12,15-17,26-31,35-38H2,1-5H3,(H8-,67,68,69,70,71,72,77,78,79,80,82,83,84,85,86,87)/t54-,61+,65+,66-/m1/s1. The summed E-state index contributed by atoms with van der Waals surface area (Å²) in [6, 6.07) is 18.5. The van der Waals surface area contributed by atoms with Gasteiger partial charge in [0.2, 0.25) is 23.4 Å². The van der Waals surface area contributed by atoms with Crippen LogP contribution in [0.3, 0.4) is 0 Å². The number of piperidine rings is 1. The molecule has 2 fully saturated rings. The van der Waals surface area contributed by atoms with Crippen LogP contribution in [0.1, 0.15) is 119 Å². The molecule has 1 spiro atoms. The molecule has 4 aromatic carbocycles. The predicted octanol–water partition coefficient (Wildman–Crippen LogP) is 6.25. The largest absolute Gasteiger partial charge is 0.744 e. The van der Waals surface area contributed by atoms with E-state index in [2.05, 4.69) is 41.0 Å². The first-order valence-corrected chi connectivity index (χ1v) is 33.7. The maximum Gasteiger partial charge on any atom is 0.294 e. The lowest BCUT2D eigenvalue weighted by molar-refractivity contribution is -0.401. The lowest BCUT2D eigenvalue weighted by Gasteiger charge is -2.62. The number of carbonyl (C=O) groups is 3. The number of likely N-dealkylation sites (tertiary alicyclic amines) is 1. The second kappa shape index (κ2) is 23.4. The van der Waals surface area contributed by atoms with Crippen LogP contribution < -0.4 is 36.6 Å². The quantitative estimate of drug-likeness (QED) is 0.00923. The number of aromatic hydroxyl groups is 1. The summed E-state index contributed by atoms with van der Waals surface area (Å²) in [6.07, 6.45) is 15.8. The first-order chi connectivity index (χ1) is 42.7. The van der Waals surface area contributed by atoms with Crippen molar-refractivity contribution in [3.05, 3.63) is 136 Å². The average molecular weight is 1270 g/mol. The number of allylic oxidation sites excluding steroid dienone is 6. The van der Waals surface area contributed by atoms with E-state index in [-0.39, 0.29) is 59.5 Å². The monoisotopic (exact) mass is 1270 g/mol. The molecule has 4 atom stereocenters. The van der Waals surface area contributed by atoms with Crippen LogP contribution >= 0.6 is 0 Å². The maximum absolute atomic E-state index is 13.2. The SMILES string of the molecule is C[N+]1=C(C=CC=CC=C2N(CCCCCC(=O)NCC(=O)NCC(=O)NCCCN=C(N)Nc3ccc4[nH]c5c(c4c3)C[C@@]3(O)[C@H]4Cc6ccc(O)c7c6[C@@]3(CCN4CC3CC3)[C@H]5O7)c3ccc(S(=O)(=O)[O-])cc3C2(C)C)C(C)(C)c2cc(S(=O)(=O)O)ccc21. The zero-order valence-electron chi connectivity index (χ0n) is 51.2. The molecule has 1 saturated heterocycles. The van der Waals surface area contributed by atoms with E-state index in [1.807, 2.05) is 94.0 Å². The highest BCUT2D eigenvalue weighted by atomic mass is 32.2. The molecule has 1 saturated carbocycles. The number of ether oxygens (including phenoxy) is 1. The zero-order chi connectivity index (χ0) is 63.9. The minimum Gasteiger partial charge on any atom is -0.744 e. The van der Waals surface area contributed by atoms with Gasteiger partial charge in [0, 0.05) is 102 Å². The van der Waals surface area contributed by atoms with Crippen LogP contribution in [0.4, 0.5) is 17.1 Å². The van der Waals surface area contributed by atoms with Crippen molar-refractivity contribution in [2.24, 2.45) is 16.6 Å². The number of aliphatic imine (C=N–C) groups is 1. The molecule has 1 aromatic heterocycles. The fraction of sp³-hybridized carbons (Fsp3) is 0.439. The fourth-order valence-electron chi connectivity index (χ4n) is 15.1. The van der Waals surface area contributed by atoms with Crippen LogP contribution in [0.15, 0.2) is 118 Å². The summed E-state index contributed by atoms with van der Waals surface area (Å²) < 4.78 is 78.5. The Morgan fingerprint density at radius 1 is 0.878 bits per heavy atom. The molecule has 10 N–H and O–H groups in total. The van der Waals surface area contributed by atoms with Crippen LogP contribution in [0.25, 0.3) is 10.9 Å². The second-order valence-corrected chi connectivity index (χ2v) is 28.9. The second-order valence-electron chi connectivity index (χ2n) is 26.1. The number of phenolic OH excluding ortho intramolecular Hbond substituents is 1. The van der Waals surface area contributed by atoms with Gasteiger partial charge in [-0.05, 0) is 149 Å². The molecular weight excluding hydrogens is 1190 g/mol. The molecule has 90 heavy (non-hydrogen) atoms. The average Bonchev–Trinajstić information content (AvgIpc) is 1.41. The van der Waals surface area contributed by atoms with Gasteiger partial charge in [0.1, 0.15) is 17.2 Å². The number of aromatic amines is 1. The molecule has 4 aliphatic heterocycles. The van der Waals surface area contributed by atoms with E-state index in [1.165, 1.54) is 37.1 Å². The summed E-state index contributed by atoms with van der Waals surface area (Å²) in [5.41, 5.74) is 13.7. The summed E-state index contributed by atoms with van der Waals surface area (Å²) in [5.74, 6) is 0.205. The minimum absolute atomic E-state index is 0.0885. The first-order valence-electron chi connectivity index (χ1n) is 30.9. The Morgan fingerprint density at radius 2 is 1.62 bits per heavy atom. The van der Waals surface area contributed by atoms with Gasteiger partial charge in [-0.25, -0.2) is 8.42 Å². The topological polar surface area (TPSA) is 324 Å². The molecule has 7 aliphatic rings. The number of benzene rings is 4. The smallest absolute Gasteiger partial charge is 0.294 e. The fourth-order valence-corrected chi connectivity index (χ4v) is 16.1. The number of nitrogens with two attached hydrogens (primary N) is 1. The summed E-state index contributed by atoms with van der Waals surface area (Å²) in [6.45, 7) is 10.2. The highest BCUT2D eigenvalue weighted by Crippen LogP contribution is 2.69. The number of hydrogen-bond donors (Lipinski definition) is 9. The van der Waals surface area contributed by atoms with Crippen LogP contribution in [0.2, 0.25) is 0 Å². The number of hydrogen-bond acceptors (Lipinski definition) is 14. The summed E-state index contributed by atoms with van der Waals surface area (Å²) in [5, 5.41) is 36.4. The Kier molecular flexibility index (Phi) is 16.2. The van der Waals surface area contributed by atoms with Gasteiger partial charge in [0.25, 0.3) is 10.1 Å². The van der Waals surface area contributed by atoms with Gasteiger partial charge in [0.15, 0.2) is 29.3 Å².